The molecule has 1 heterocycles. The van der Waals surface area contributed by atoms with Crippen molar-refractivity contribution in [3.8, 4) is 0 Å². The molecule has 3 atom stereocenters. The molecule has 1 aliphatic rings. The molecule has 5 nitrogen and oxygen atoms in total. The second kappa shape index (κ2) is 5.57. The second-order valence-corrected chi connectivity index (χ2v) is 4.23. The summed E-state index contributed by atoms with van der Waals surface area (Å²) in [6, 6.07) is 9.64. The van der Waals surface area contributed by atoms with E-state index in [4.69, 9.17) is 4.84 Å². The summed E-state index contributed by atoms with van der Waals surface area (Å²) < 4.78 is 0. The predicted octanol–water partition coefficient (Wildman–Crippen LogP) is -0.484. The van der Waals surface area contributed by atoms with Gasteiger partial charge < -0.3 is 15.3 Å². The SMILES string of the molecule is OC1[C@H](O)CN(OCc2ccccc2)C[C@@H]1O. The number of piperidine rings is 1. The van der Waals surface area contributed by atoms with Crippen LogP contribution in [-0.4, -0.2) is 51.8 Å². The first kappa shape index (κ1) is 12.5. The van der Waals surface area contributed by atoms with Crippen LogP contribution in [-0.2, 0) is 11.4 Å². The van der Waals surface area contributed by atoms with Gasteiger partial charge in [-0.1, -0.05) is 30.3 Å². The molecule has 0 aliphatic carbocycles. The summed E-state index contributed by atoms with van der Waals surface area (Å²) in [6.07, 6.45) is -3.05. The minimum Gasteiger partial charge on any atom is -0.389 e. The maximum absolute atomic E-state index is 9.48. The molecule has 17 heavy (non-hydrogen) atoms. The van der Waals surface area contributed by atoms with Crippen LogP contribution >= 0.6 is 0 Å². The highest BCUT2D eigenvalue weighted by Gasteiger charge is 2.33. The van der Waals surface area contributed by atoms with Crippen molar-refractivity contribution in [2.45, 2.75) is 24.9 Å². The number of nitrogens with zero attached hydrogens (tertiary/aromatic N) is 1. The Bertz CT molecular complexity index is 334. The lowest BCUT2D eigenvalue weighted by Gasteiger charge is -2.35. The van der Waals surface area contributed by atoms with E-state index in [1.165, 1.54) is 5.06 Å². The fourth-order valence-electron chi connectivity index (χ4n) is 1.81. The Kier molecular flexibility index (Phi) is 4.09. The third-order valence-electron chi connectivity index (χ3n) is 2.83. The summed E-state index contributed by atoms with van der Waals surface area (Å²) in [5.41, 5.74) is 1.02. The molecule has 0 amide bonds. The van der Waals surface area contributed by atoms with Crippen LogP contribution in [0.2, 0.25) is 0 Å². The second-order valence-electron chi connectivity index (χ2n) is 4.23. The topological polar surface area (TPSA) is 73.2 Å². The van der Waals surface area contributed by atoms with Crippen LogP contribution in [0.5, 0.6) is 0 Å². The van der Waals surface area contributed by atoms with Gasteiger partial charge in [-0.3, -0.25) is 4.84 Å². The Labute approximate surface area is 99.8 Å². The molecule has 0 bridgehead atoms. The first-order chi connectivity index (χ1) is 8.16. The lowest BCUT2D eigenvalue weighted by atomic mass is 10.0. The molecule has 1 aromatic carbocycles. The first-order valence-corrected chi connectivity index (χ1v) is 5.63. The molecule has 1 fully saturated rings. The molecule has 0 saturated carbocycles. The number of benzene rings is 1. The minimum absolute atomic E-state index is 0.199. The molecule has 1 aromatic rings. The van der Waals surface area contributed by atoms with E-state index in [1.54, 1.807) is 0 Å². The highest BCUT2D eigenvalue weighted by atomic mass is 16.7. The molecule has 0 aromatic heterocycles. The van der Waals surface area contributed by atoms with Gasteiger partial charge in [0.15, 0.2) is 0 Å². The van der Waals surface area contributed by atoms with Crippen LogP contribution in [0.15, 0.2) is 30.3 Å². The molecule has 3 N–H and O–H groups in total. The van der Waals surface area contributed by atoms with Crippen molar-refractivity contribution >= 4 is 0 Å². The van der Waals surface area contributed by atoms with Crippen LogP contribution in [0.1, 0.15) is 5.56 Å². The number of hydrogen-bond acceptors (Lipinski definition) is 5. The van der Waals surface area contributed by atoms with Gasteiger partial charge in [-0.2, -0.15) is 5.06 Å². The Balaban J connectivity index is 1.84. The minimum atomic E-state index is -1.09. The van der Waals surface area contributed by atoms with Crippen LogP contribution < -0.4 is 0 Å². The number of rotatable bonds is 3. The van der Waals surface area contributed by atoms with Crippen molar-refractivity contribution < 1.29 is 20.2 Å². The zero-order valence-corrected chi connectivity index (χ0v) is 9.44. The van der Waals surface area contributed by atoms with E-state index in [0.29, 0.717) is 6.61 Å². The van der Waals surface area contributed by atoms with Crippen molar-refractivity contribution in [2.75, 3.05) is 13.1 Å². The average Bonchev–Trinajstić information content (AvgIpc) is 2.34. The Morgan fingerprint density at radius 2 is 1.65 bits per heavy atom. The van der Waals surface area contributed by atoms with E-state index in [2.05, 4.69) is 0 Å². The van der Waals surface area contributed by atoms with Gasteiger partial charge in [0.2, 0.25) is 0 Å². The molecule has 1 unspecified atom stereocenters. The quantitative estimate of drug-likeness (QED) is 0.664. The lowest BCUT2D eigenvalue weighted by molar-refractivity contribution is -0.238. The van der Waals surface area contributed by atoms with Gasteiger partial charge in [-0.05, 0) is 5.56 Å². The highest BCUT2D eigenvalue weighted by molar-refractivity contribution is 5.13. The molecule has 2 rings (SSSR count). The number of aliphatic hydroxyl groups is 3. The van der Waals surface area contributed by atoms with Gasteiger partial charge in [0.1, 0.15) is 6.10 Å². The maximum atomic E-state index is 9.48. The fourth-order valence-corrected chi connectivity index (χ4v) is 1.81. The van der Waals surface area contributed by atoms with Crippen molar-refractivity contribution in [1.29, 1.82) is 0 Å². The number of hydrogen-bond donors (Lipinski definition) is 3. The molecule has 1 saturated heterocycles. The molecular formula is C12H17NO4. The monoisotopic (exact) mass is 239 g/mol. The maximum Gasteiger partial charge on any atom is 0.108 e. The van der Waals surface area contributed by atoms with E-state index >= 15 is 0 Å². The highest BCUT2D eigenvalue weighted by Crippen LogP contribution is 2.13. The van der Waals surface area contributed by atoms with Crippen molar-refractivity contribution in [1.82, 2.24) is 5.06 Å². The molecule has 1 aliphatic heterocycles. The standard InChI is InChI=1S/C12H17NO4/c14-10-6-13(7-11(15)12(10)16)17-8-9-4-2-1-3-5-9/h1-5,10-12,14-16H,6-8H2/t10-,11+,12?. The Morgan fingerprint density at radius 1 is 1.06 bits per heavy atom. The number of aliphatic hydroxyl groups excluding tert-OH is 3. The molecule has 0 radical (unpaired) electrons. The van der Waals surface area contributed by atoms with Crippen LogP contribution in [0, 0.1) is 0 Å². The average molecular weight is 239 g/mol. The molecular weight excluding hydrogens is 222 g/mol. The van der Waals surface area contributed by atoms with E-state index in [0.717, 1.165) is 5.56 Å². The van der Waals surface area contributed by atoms with Gasteiger partial charge in [-0.15, -0.1) is 0 Å². The van der Waals surface area contributed by atoms with Gasteiger partial charge in [0.25, 0.3) is 0 Å². The number of β-amino-alcohol motifs (C(OH)–C–C–N with tert-alkyl or cyclic N) is 2. The van der Waals surface area contributed by atoms with E-state index < -0.39 is 18.3 Å². The first-order valence-electron chi connectivity index (χ1n) is 5.63. The van der Waals surface area contributed by atoms with E-state index in [1.807, 2.05) is 30.3 Å². The zero-order chi connectivity index (χ0) is 12.3. The molecule has 94 valence electrons. The summed E-state index contributed by atoms with van der Waals surface area (Å²) in [5.74, 6) is 0. The van der Waals surface area contributed by atoms with Gasteiger partial charge in [0, 0.05) is 0 Å². The van der Waals surface area contributed by atoms with Gasteiger partial charge >= 0.3 is 0 Å². The molecule has 5 heteroatoms. The number of hydroxylamine groups is 2. The van der Waals surface area contributed by atoms with E-state index in [-0.39, 0.29) is 13.1 Å². The van der Waals surface area contributed by atoms with Crippen LogP contribution in [0.25, 0.3) is 0 Å². The normalized spacial score (nSPS) is 30.4. The molecule has 0 spiro atoms. The summed E-state index contributed by atoms with van der Waals surface area (Å²) in [4.78, 5) is 5.46. The van der Waals surface area contributed by atoms with Gasteiger partial charge in [0.05, 0.1) is 31.9 Å². The predicted molar refractivity (Wildman–Crippen MR) is 60.8 cm³/mol. The summed E-state index contributed by atoms with van der Waals surface area (Å²) >= 11 is 0. The third-order valence-corrected chi connectivity index (χ3v) is 2.83. The summed E-state index contributed by atoms with van der Waals surface area (Å²) in [7, 11) is 0. The zero-order valence-electron chi connectivity index (χ0n) is 9.44. The Hall–Kier alpha value is -0.980. The van der Waals surface area contributed by atoms with Crippen LogP contribution in [0.3, 0.4) is 0 Å². The third kappa shape index (κ3) is 3.24. The van der Waals surface area contributed by atoms with Crippen molar-refractivity contribution in [2.24, 2.45) is 0 Å². The van der Waals surface area contributed by atoms with E-state index in [9.17, 15) is 15.3 Å². The smallest absolute Gasteiger partial charge is 0.108 e. The largest absolute Gasteiger partial charge is 0.389 e. The van der Waals surface area contributed by atoms with Crippen molar-refractivity contribution in [3.63, 3.8) is 0 Å². The summed E-state index contributed by atoms with van der Waals surface area (Å²) in [5, 5.41) is 29.8. The van der Waals surface area contributed by atoms with Crippen molar-refractivity contribution in [3.05, 3.63) is 35.9 Å². The fraction of sp³-hybridized carbons (Fsp3) is 0.500. The summed E-state index contributed by atoms with van der Waals surface area (Å²) in [6.45, 7) is 0.784. The Morgan fingerprint density at radius 3 is 2.24 bits per heavy atom. The van der Waals surface area contributed by atoms with Crippen LogP contribution in [0.4, 0.5) is 0 Å². The lowest BCUT2D eigenvalue weighted by Crippen LogP contribution is -2.55. The van der Waals surface area contributed by atoms with Gasteiger partial charge in [-0.25, -0.2) is 0 Å².